The summed E-state index contributed by atoms with van der Waals surface area (Å²) >= 11 is 1.51. The first kappa shape index (κ1) is 15.0. The van der Waals surface area contributed by atoms with Crippen molar-refractivity contribution in [3.8, 4) is 0 Å². The highest BCUT2D eigenvalue weighted by Crippen LogP contribution is 2.39. The molecule has 4 N–H and O–H groups in total. The Hall–Kier alpha value is -1.40. The molecule has 110 valence electrons. The number of thiophene rings is 1. The molecule has 1 heterocycles. The van der Waals surface area contributed by atoms with Gasteiger partial charge in [-0.1, -0.05) is 6.92 Å². The zero-order valence-corrected chi connectivity index (χ0v) is 13.0. The van der Waals surface area contributed by atoms with Gasteiger partial charge in [0.15, 0.2) is 6.54 Å². The van der Waals surface area contributed by atoms with Gasteiger partial charge in [0, 0.05) is 4.88 Å². The Kier molecular flexibility index (Phi) is 4.45. The van der Waals surface area contributed by atoms with Crippen LogP contribution in [-0.2, 0) is 17.6 Å². The fourth-order valence-corrected chi connectivity index (χ4v) is 4.02. The van der Waals surface area contributed by atoms with Gasteiger partial charge in [-0.15, -0.1) is 11.3 Å². The van der Waals surface area contributed by atoms with E-state index in [1.54, 1.807) is 0 Å². The third-order valence-electron chi connectivity index (χ3n) is 3.53. The molecule has 20 heavy (non-hydrogen) atoms. The molecule has 1 aromatic heterocycles. The first-order chi connectivity index (χ1) is 9.38. The highest BCUT2D eigenvalue weighted by molar-refractivity contribution is 7.17. The number of carbonyl (C=O) groups is 2. The molecule has 0 unspecified atom stereocenters. The minimum Gasteiger partial charge on any atom is -0.365 e. The van der Waals surface area contributed by atoms with Crippen LogP contribution in [0.15, 0.2) is 0 Å². The summed E-state index contributed by atoms with van der Waals surface area (Å²) < 4.78 is 0. The Morgan fingerprint density at radius 1 is 1.45 bits per heavy atom. The number of amides is 2. The molecule has 2 amide bonds. The van der Waals surface area contributed by atoms with Crippen LogP contribution < -0.4 is 16.0 Å². The van der Waals surface area contributed by atoms with Gasteiger partial charge in [0.05, 0.1) is 19.7 Å². The maximum Gasteiger partial charge on any atom is 0.280 e. The van der Waals surface area contributed by atoms with E-state index in [9.17, 15) is 9.59 Å². The lowest BCUT2D eigenvalue weighted by molar-refractivity contribution is -0.849. The van der Waals surface area contributed by atoms with Crippen LogP contribution in [-0.4, -0.2) is 32.5 Å². The monoisotopic (exact) mass is 296 g/mol. The van der Waals surface area contributed by atoms with E-state index in [4.69, 9.17) is 5.73 Å². The normalized spacial score (nSPS) is 17.9. The summed E-state index contributed by atoms with van der Waals surface area (Å²) in [6, 6.07) is 0. The standard InChI is InChI=1S/C14H21N3O2S/c1-8-4-5-9-10(6-8)20-14(12(9)13(15)19)16-11(18)7-17(2)3/h8H,4-7H2,1-3H3,(H2,15,19)(H,16,18)/p+1/t8-/m1/s1. The third kappa shape index (κ3) is 3.19. The summed E-state index contributed by atoms with van der Waals surface area (Å²) in [6.07, 6.45) is 2.91. The fraction of sp³-hybridized carbons (Fsp3) is 0.571. The summed E-state index contributed by atoms with van der Waals surface area (Å²) in [5.74, 6) is 0.0975. The SMILES string of the molecule is C[C@@H]1CCc2c(sc(NC(=O)C[NH+](C)C)c2C(N)=O)C1. The zero-order chi connectivity index (χ0) is 14.9. The molecule has 0 saturated carbocycles. The molecule has 0 bridgehead atoms. The second-order valence-electron chi connectivity index (χ2n) is 5.85. The van der Waals surface area contributed by atoms with Crippen molar-refractivity contribution in [3.05, 3.63) is 16.0 Å². The summed E-state index contributed by atoms with van der Waals surface area (Å²) in [6.45, 7) is 2.58. The summed E-state index contributed by atoms with van der Waals surface area (Å²) in [7, 11) is 3.82. The molecule has 2 rings (SSSR count). The summed E-state index contributed by atoms with van der Waals surface area (Å²) in [4.78, 5) is 25.8. The van der Waals surface area contributed by atoms with Crippen molar-refractivity contribution in [1.82, 2.24) is 0 Å². The van der Waals surface area contributed by atoms with Crippen molar-refractivity contribution in [2.75, 3.05) is 26.0 Å². The molecule has 1 aliphatic carbocycles. The molecule has 1 aliphatic rings. The molecule has 6 heteroatoms. The van der Waals surface area contributed by atoms with Crippen molar-refractivity contribution in [2.24, 2.45) is 11.7 Å². The lowest BCUT2D eigenvalue weighted by atomic mass is 9.88. The molecular weight excluding hydrogens is 274 g/mol. The van der Waals surface area contributed by atoms with E-state index >= 15 is 0 Å². The van der Waals surface area contributed by atoms with Crippen molar-refractivity contribution < 1.29 is 14.5 Å². The van der Waals surface area contributed by atoms with Crippen LogP contribution in [0.5, 0.6) is 0 Å². The van der Waals surface area contributed by atoms with Gasteiger partial charge in [0.2, 0.25) is 0 Å². The maximum absolute atomic E-state index is 11.9. The number of carbonyl (C=O) groups excluding carboxylic acids is 2. The van der Waals surface area contributed by atoms with E-state index < -0.39 is 5.91 Å². The highest BCUT2D eigenvalue weighted by Gasteiger charge is 2.27. The predicted octanol–water partition coefficient (Wildman–Crippen LogP) is 0.0548. The van der Waals surface area contributed by atoms with Crippen molar-refractivity contribution in [1.29, 1.82) is 0 Å². The first-order valence-corrected chi connectivity index (χ1v) is 7.73. The van der Waals surface area contributed by atoms with E-state index in [-0.39, 0.29) is 5.91 Å². The van der Waals surface area contributed by atoms with E-state index in [2.05, 4.69) is 12.2 Å². The minimum atomic E-state index is -0.440. The van der Waals surface area contributed by atoms with Crippen LogP contribution >= 0.6 is 11.3 Å². The molecule has 1 atom stereocenters. The Balaban J connectivity index is 2.28. The van der Waals surface area contributed by atoms with Crippen LogP contribution in [0.4, 0.5) is 5.00 Å². The predicted molar refractivity (Wildman–Crippen MR) is 80.3 cm³/mol. The lowest BCUT2D eigenvalue weighted by Crippen LogP contribution is -3.06. The second kappa shape index (κ2) is 5.93. The second-order valence-corrected chi connectivity index (χ2v) is 6.96. The summed E-state index contributed by atoms with van der Waals surface area (Å²) in [5, 5.41) is 3.48. The molecule has 5 nitrogen and oxygen atoms in total. The number of hydrogen-bond acceptors (Lipinski definition) is 3. The average molecular weight is 296 g/mol. The Labute approximate surface area is 123 Å². The van der Waals surface area contributed by atoms with E-state index in [0.717, 1.165) is 29.7 Å². The number of rotatable bonds is 4. The van der Waals surface area contributed by atoms with Gasteiger partial charge < -0.3 is 16.0 Å². The van der Waals surface area contributed by atoms with Crippen molar-refractivity contribution in [2.45, 2.75) is 26.2 Å². The molecule has 0 aliphatic heterocycles. The van der Waals surface area contributed by atoms with Crippen molar-refractivity contribution in [3.63, 3.8) is 0 Å². The van der Waals surface area contributed by atoms with Gasteiger partial charge >= 0.3 is 0 Å². The number of likely N-dealkylation sites (N-methyl/N-ethyl adjacent to an activating group) is 1. The van der Waals surface area contributed by atoms with Gasteiger partial charge in [0.25, 0.3) is 11.8 Å². The van der Waals surface area contributed by atoms with Gasteiger partial charge in [-0.25, -0.2) is 0 Å². The van der Waals surface area contributed by atoms with E-state index in [0.29, 0.717) is 23.0 Å². The molecule has 0 radical (unpaired) electrons. The van der Waals surface area contributed by atoms with Gasteiger partial charge in [-0.2, -0.15) is 0 Å². The molecule has 0 saturated heterocycles. The number of primary amides is 1. The Morgan fingerprint density at radius 2 is 2.15 bits per heavy atom. The molecule has 1 aromatic rings. The Morgan fingerprint density at radius 3 is 2.75 bits per heavy atom. The van der Waals surface area contributed by atoms with Crippen LogP contribution in [0.1, 0.15) is 34.1 Å². The molecule has 0 spiro atoms. The topological polar surface area (TPSA) is 76.6 Å². The molecule has 0 fully saturated rings. The van der Waals surface area contributed by atoms with Crippen LogP contribution in [0.2, 0.25) is 0 Å². The van der Waals surface area contributed by atoms with Gasteiger partial charge in [-0.3, -0.25) is 9.59 Å². The minimum absolute atomic E-state index is 0.0841. The number of nitrogens with two attached hydrogens (primary N) is 1. The molecule has 0 aromatic carbocycles. The maximum atomic E-state index is 11.9. The number of nitrogens with one attached hydrogen (secondary N) is 2. The van der Waals surface area contributed by atoms with Crippen LogP contribution in [0.25, 0.3) is 0 Å². The number of anilines is 1. The summed E-state index contributed by atoms with van der Waals surface area (Å²) in [5.41, 5.74) is 7.08. The van der Waals surface area contributed by atoms with E-state index in [1.165, 1.54) is 16.2 Å². The number of hydrogen-bond donors (Lipinski definition) is 3. The van der Waals surface area contributed by atoms with Crippen LogP contribution in [0, 0.1) is 5.92 Å². The smallest absolute Gasteiger partial charge is 0.280 e. The Bertz CT molecular complexity index is 537. The first-order valence-electron chi connectivity index (χ1n) is 6.91. The third-order valence-corrected chi connectivity index (χ3v) is 4.69. The largest absolute Gasteiger partial charge is 0.365 e. The van der Waals surface area contributed by atoms with Crippen LogP contribution in [0.3, 0.4) is 0 Å². The zero-order valence-electron chi connectivity index (χ0n) is 12.2. The van der Waals surface area contributed by atoms with Gasteiger partial charge in [-0.05, 0) is 30.7 Å². The van der Waals surface area contributed by atoms with E-state index in [1.807, 2.05) is 14.1 Å². The average Bonchev–Trinajstić information content (AvgIpc) is 2.64. The van der Waals surface area contributed by atoms with Crippen molar-refractivity contribution >= 4 is 28.2 Å². The number of quaternary nitrogens is 1. The number of fused-ring (bicyclic) bond motifs is 1. The highest BCUT2D eigenvalue weighted by atomic mass is 32.1. The fourth-order valence-electron chi connectivity index (χ4n) is 2.59. The molecular formula is C14H22N3O2S+. The lowest BCUT2D eigenvalue weighted by Gasteiger charge is -2.18. The quantitative estimate of drug-likeness (QED) is 0.734. The van der Waals surface area contributed by atoms with Gasteiger partial charge in [0.1, 0.15) is 5.00 Å².